The third-order valence-electron chi connectivity index (χ3n) is 5.30. The molecule has 33 heavy (non-hydrogen) atoms. The summed E-state index contributed by atoms with van der Waals surface area (Å²) in [7, 11) is 0. The highest BCUT2D eigenvalue weighted by atomic mass is 35.5. The monoisotopic (exact) mass is 482 g/mol. The van der Waals surface area contributed by atoms with Gasteiger partial charge in [0.15, 0.2) is 0 Å². The molecule has 0 aliphatic carbocycles. The van der Waals surface area contributed by atoms with Crippen LogP contribution in [0.5, 0.6) is 11.5 Å². The molecule has 0 aliphatic heterocycles. The molecule has 1 heterocycles. The van der Waals surface area contributed by atoms with Gasteiger partial charge in [0.05, 0.1) is 17.0 Å². The number of phenolic OH excluding ortho intramolecular Hbond substituents is 1. The van der Waals surface area contributed by atoms with E-state index in [9.17, 15) is 27.9 Å². The van der Waals surface area contributed by atoms with Gasteiger partial charge in [0.1, 0.15) is 11.5 Å². The highest BCUT2D eigenvalue weighted by Crippen LogP contribution is 2.35. The molecule has 3 aromatic rings. The molecule has 2 N–H and O–H groups in total. The van der Waals surface area contributed by atoms with Gasteiger partial charge in [0.25, 0.3) is 5.91 Å². The highest BCUT2D eigenvalue weighted by molar-refractivity contribution is 6.33. The highest BCUT2D eigenvalue weighted by Gasteiger charge is 2.31. The molecule has 0 spiro atoms. The Bertz CT molecular complexity index is 1200. The van der Waals surface area contributed by atoms with Gasteiger partial charge in [-0.25, -0.2) is 0 Å². The molecule has 1 atom stereocenters. The zero-order valence-corrected chi connectivity index (χ0v) is 18.8. The Balaban J connectivity index is 2.05. The first-order chi connectivity index (χ1) is 15.4. The van der Waals surface area contributed by atoms with Crippen LogP contribution in [0, 0.1) is 6.92 Å². The zero-order chi connectivity index (χ0) is 24.5. The van der Waals surface area contributed by atoms with Crippen LogP contribution in [-0.4, -0.2) is 33.9 Å². The summed E-state index contributed by atoms with van der Waals surface area (Å²) in [6, 6.07) is 7.28. The van der Waals surface area contributed by atoms with Crippen LogP contribution in [0.3, 0.4) is 0 Å². The second-order valence-corrected chi connectivity index (χ2v) is 8.06. The van der Waals surface area contributed by atoms with E-state index in [0.717, 1.165) is 18.6 Å². The van der Waals surface area contributed by atoms with Crippen molar-refractivity contribution in [1.82, 2.24) is 9.88 Å². The van der Waals surface area contributed by atoms with Crippen LogP contribution in [0.4, 0.5) is 13.2 Å². The van der Waals surface area contributed by atoms with Gasteiger partial charge in [-0.2, -0.15) is 0 Å². The van der Waals surface area contributed by atoms with Crippen LogP contribution in [0.2, 0.25) is 5.02 Å². The van der Waals surface area contributed by atoms with Gasteiger partial charge in [-0.3, -0.25) is 14.2 Å². The van der Waals surface area contributed by atoms with E-state index in [1.807, 2.05) is 13.8 Å². The number of rotatable bonds is 6. The smallest absolute Gasteiger partial charge is 0.506 e. The van der Waals surface area contributed by atoms with E-state index in [1.54, 1.807) is 6.92 Å². The maximum absolute atomic E-state index is 13.3. The number of nitrogens with zero attached hydrogens (tertiary/aromatic N) is 1. The summed E-state index contributed by atoms with van der Waals surface area (Å²) in [5, 5.41) is 13.5. The number of alkyl halides is 3. The molecule has 0 radical (unpaired) electrons. The molecular formula is C23H22ClF3N2O4. The predicted octanol–water partition coefficient (Wildman–Crippen LogP) is 5.35. The quantitative estimate of drug-likeness (QED) is 0.496. The van der Waals surface area contributed by atoms with E-state index in [1.165, 1.54) is 28.8 Å². The fourth-order valence-corrected chi connectivity index (χ4v) is 3.65. The van der Waals surface area contributed by atoms with Gasteiger partial charge in [-0.05, 0) is 62.2 Å². The number of ether oxygens (including phenoxy) is 1. The van der Waals surface area contributed by atoms with Crippen molar-refractivity contribution < 1.29 is 32.6 Å². The SMILES string of the molecule is CCC(C)NC(=O)Cc1c(C)n(C(=O)c2ccc(OC(F)(F)F)cc2)c2cc(Cl)c(O)cc12. The number of amides is 1. The molecule has 1 amide bonds. The third kappa shape index (κ3) is 5.42. The molecule has 3 rings (SSSR count). The van der Waals surface area contributed by atoms with Crippen LogP contribution in [-0.2, 0) is 11.2 Å². The van der Waals surface area contributed by atoms with E-state index in [4.69, 9.17) is 11.6 Å². The average Bonchev–Trinajstić information content (AvgIpc) is 2.97. The second kappa shape index (κ2) is 9.35. The van der Waals surface area contributed by atoms with Gasteiger partial charge in [0.2, 0.25) is 5.91 Å². The van der Waals surface area contributed by atoms with Crippen molar-refractivity contribution in [1.29, 1.82) is 0 Å². The Hall–Kier alpha value is -3.20. The van der Waals surface area contributed by atoms with Gasteiger partial charge in [0, 0.05) is 22.7 Å². The Morgan fingerprint density at radius 3 is 2.42 bits per heavy atom. The topological polar surface area (TPSA) is 80.6 Å². The first-order valence-corrected chi connectivity index (χ1v) is 10.5. The second-order valence-electron chi connectivity index (χ2n) is 7.65. The van der Waals surface area contributed by atoms with Crippen LogP contribution in [0.15, 0.2) is 36.4 Å². The number of aromatic hydroxyl groups is 1. The van der Waals surface area contributed by atoms with E-state index >= 15 is 0 Å². The number of carbonyl (C=O) groups excluding carboxylic acids is 2. The maximum Gasteiger partial charge on any atom is 0.573 e. The van der Waals surface area contributed by atoms with Crippen molar-refractivity contribution >= 4 is 34.3 Å². The lowest BCUT2D eigenvalue weighted by Gasteiger charge is -2.12. The molecule has 6 nitrogen and oxygen atoms in total. The Kier molecular flexibility index (Phi) is 6.92. The van der Waals surface area contributed by atoms with Gasteiger partial charge in [-0.15, -0.1) is 13.2 Å². The summed E-state index contributed by atoms with van der Waals surface area (Å²) in [6.45, 7) is 5.46. The normalized spacial score (nSPS) is 12.6. The lowest BCUT2D eigenvalue weighted by atomic mass is 10.1. The number of fused-ring (bicyclic) bond motifs is 1. The summed E-state index contributed by atoms with van der Waals surface area (Å²) in [6.07, 6.45) is -4.13. The first kappa shape index (κ1) is 24.4. The fourth-order valence-electron chi connectivity index (χ4n) is 3.49. The largest absolute Gasteiger partial charge is 0.573 e. The Morgan fingerprint density at radius 1 is 1.21 bits per heavy atom. The minimum atomic E-state index is -4.84. The minimum Gasteiger partial charge on any atom is -0.506 e. The molecule has 1 unspecified atom stereocenters. The van der Waals surface area contributed by atoms with E-state index in [2.05, 4.69) is 10.1 Å². The van der Waals surface area contributed by atoms with Crippen molar-refractivity contribution in [2.75, 3.05) is 0 Å². The number of aromatic nitrogens is 1. The molecule has 1 aromatic heterocycles. The van der Waals surface area contributed by atoms with Crippen molar-refractivity contribution in [2.24, 2.45) is 0 Å². The summed E-state index contributed by atoms with van der Waals surface area (Å²) in [5.41, 5.74) is 1.45. The Labute approximate surface area is 192 Å². The molecule has 0 aliphatic rings. The number of carbonyl (C=O) groups is 2. The number of nitrogens with one attached hydrogen (secondary N) is 1. The number of halogens is 4. The summed E-state index contributed by atoms with van der Waals surface area (Å²) in [5.74, 6) is -1.44. The summed E-state index contributed by atoms with van der Waals surface area (Å²) >= 11 is 6.07. The minimum absolute atomic E-state index is 0.0126. The molecule has 0 saturated heterocycles. The van der Waals surface area contributed by atoms with E-state index in [0.29, 0.717) is 22.2 Å². The van der Waals surface area contributed by atoms with Crippen molar-refractivity contribution in [3.8, 4) is 11.5 Å². The van der Waals surface area contributed by atoms with Crippen molar-refractivity contribution in [2.45, 2.75) is 46.0 Å². The number of hydrogen-bond donors (Lipinski definition) is 2. The zero-order valence-electron chi connectivity index (χ0n) is 18.1. The van der Waals surface area contributed by atoms with Crippen LogP contribution < -0.4 is 10.1 Å². The fraction of sp³-hybridized carbons (Fsp3) is 0.304. The lowest BCUT2D eigenvalue weighted by Crippen LogP contribution is -2.33. The summed E-state index contributed by atoms with van der Waals surface area (Å²) < 4.78 is 42.4. The number of phenols is 1. The van der Waals surface area contributed by atoms with E-state index in [-0.39, 0.29) is 34.7 Å². The van der Waals surface area contributed by atoms with Crippen LogP contribution >= 0.6 is 11.6 Å². The Morgan fingerprint density at radius 2 is 1.85 bits per heavy atom. The van der Waals surface area contributed by atoms with E-state index < -0.39 is 18.0 Å². The standard InChI is InChI=1S/C23H22ClF3N2O4/c1-4-12(2)28-21(31)10-16-13(3)29(19-11-18(24)20(30)9-17(16)19)22(32)14-5-7-15(8-6-14)33-23(25,26)27/h5-9,11-12,30H,4,10H2,1-3H3,(H,28,31). The first-order valence-electron chi connectivity index (χ1n) is 10.1. The molecule has 2 aromatic carbocycles. The average molecular weight is 483 g/mol. The molecule has 0 bridgehead atoms. The van der Waals surface area contributed by atoms with Gasteiger partial charge in [-0.1, -0.05) is 18.5 Å². The molecule has 10 heteroatoms. The molecule has 0 fully saturated rings. The number of benzene rings is 2. The maximum atomic E-state index is 13.3. The number of hydrogen-bond acceptors (Lipinski definition) is 4. The molecule has 0 saturated carbocycles. The van der Waals surface area contributed by atoms with Crippen molar-refractivity contribution in [3.63, 3.8) is 0 Å². The third-order valence-corrected chi connectivity index (χ3v) is 5.60. The van der Waals surface area contributed by atoms with Crippen LogP contribution in [0.1, 0.15) is 41.9 Å². The molecular weight excluding hydrogens is 461 g/mol. The predicted molar refractivity (Wildman–Crippen MR) is 118 cm³/mol. The summed E-state index contributed by atoms with van der Waals surface area (Å²) in [4.78, 5) is 25.8. The van der Waals surface area contributed by atoms with Crippen molar-refractivity contribution in [3.05, 3.63) is 58.2 Å². The van der Waals surface area contributed by atoms with Gasteiger partial charge < -0.3 is 15.2 Å². The lowest BCUT2D eigenvalue weighted by molar-refractivity contribution is -0.274. The van der Waals surface area contributed by atoms with Crippen LogP contribution in [0.25, 0.3) is 10.9 Å². The molecule has 176 valence electrons. The van der Waals surface area contributed by atoms with Gasteiger partial charge >= 0.3 is 6.36 Å².